The Balaban J connectivity index is 1.78. The first-order valence-electron chi connectivity index (χ1n) is 10.4. The average Bonchev–Trinajstić information content (AvgIpc) is 3.46. The van der Waals surface area contributed by atoms with Gasteiger partial charge in [0.25, 0.3) is 5.91 Å². The monoisotopic (exact) mass is 465 g/mol. The highest BCUT2D eigenvalue weighted by Crippen LogP contribution is 2.45. The first-order chi connectivity index (χ1) is 16.5. The van der Waals surface area contributed by atoms with E-state index < -0.39 is 23.2 Å². The van der Waals surface area contributed by atoms with Gasteiger partial charge in [-0.15, -0.1) is 0 Å². The largest absolute Gasteiger partial charge is 0.493 e. The summed E-state index contributed by atoms with van der Waals surface area (Å²) in [4.78, 5) is 28.5. The van der Waals surface area contributed by atoms with Crippen LogP contribution < -0.4 is 19.6 Å². The van der Waals surface area contributed by atoms with Gasteiger partial charge in [0.15, 0.2) is 16.9 Å². The topological polar surface area (TPSA) is 91.4 Å². The van der Waals surface area contributed by atoms with Gasteiger partial charge >= 0.3 is 0 Å². The fraction of sp³-hybridized carbons (Fsp3) is 0.200. The number of carbonyl (C=O) groups is 1. The van der Waals surface area contributed by atoms with E-state index in [0.717, 1.165) is 6.07 Å². The van der Waals surface area contributed by atoms with E-state index in [1.807, 2.05) is 0 Å². The summed E-state index contributed by atoms with van der Waals surface area (Å²) in [5.74, 6) is 0.410. The van der Waals surface area contributed by atoms with Gasteiger partial charge < -0.3 is 27.9 Å². The Hall–Kier alpha value is -4.27. The molecule has 0 aliphatic carbocycles. The molecule has 1 aliphatic heterocycles. The number of rotatable bonds is 6. The zero-order valence-corrected chi connectivity index (χ0v) is 18.6. The fourth-order valence-electron chi connectivity index (χ4n) is 4.33. The molecule has 5 rings (SSSR count). The minimum Gasteiger partial charge on any atom is -0.493 e. The van der Waals surface area contributed by atoms with E-state index in [2.05, 4.69) is 0 Å². The highest BCUT2D eigenvalue weighted by Gasteiger charge is 2.43. The van der Waals surface area contributed by atoms with E-state index in [9.17, 15) is 14.0 Å². The molecule has 1 amide bonds. The summed E-state index contributed by atoms with van der Waals surface area (Å²) in [5.41, 5.74) is 0.256. The molecule has 0 bridgehead atoms. The van der Waals surface area contributed by atoms with Crippen LogP contribution in [0.4, 0.5) is 4.39 Å². The number of ether oxygens (including phenoxy) is 3. The SMILES string of the molecule is COc1cc(C2c3c(oc4ccc(F)cc4c3=O)C(=O)N2Cc2ccco2)cc(OC)c1OC. The van der Waals surface area contributed by atoms with Crippen molar-refractivity contribution in [1.82, 2.24) is 4.90 Å². The Labute approximate surface area is 193 Å². The molecule has 2 aromatic carbocycles. The van der Waals surface area contributed by atoms with Crippen molar-refractivity contribution in [2.24, 2.45) is 0 Å². The van der Waals surface area contributed by atoms with E-state index >= 15 is 0 Å². The van der Waals surface area contributed by atoms with E-state index in [0.29, 0.717) is 28.6 Å². The highest BCUT2D eigenvalue weighted by molar-refractivity contribution is 5.99. The molecule has 9 heteroatoms. The van der Waals surface area contributed by atoms with Gasteiger partial charge in [0.2, 0.25) is 11.5 Å². The van der Waals surface area contributed by atoms with Crippen LogP contribution in [0.15, 0.2) is 62.4 Å². The van der Waals surface area contributed by atoms with Crippen LogP contribution in [-0.2, 0) is 6.54 Å². The molecule has 8 nitrogen and oxygen atoms in total. The lowest BCUT2D eigenvalue weighted by molar-refractivity contribution is 0.0701. The minimum atomic E-state index is -0.870. The summed E-state index contributed by atoms with van der Waals surface area (Å²) in [7, 11) is 4.42. The van der Waals surface area contributed by atoms with Crippen molar-refractivity contribution < 1.29 is 32.2 Å². The number of nitrogens with zero attached hydrogens (tertiary/aromatic N) is 1. The Morgan fingerprint density at radius 3 is 2.35 bits per heavy atom. The van der Waals surface area contributed by atoms with Crippen LogP contribution in [0.25, 0.3) is 11.0 Å². The number of amides is 1. The maximum Gasteiger partial charge on any atom is 0.291 e. The second-order valence-electron chi connectivity index (χ2n) is 7.69. The lowest BCUT2D eigenvalue weighted by Crippen LogP contribution is -2.29. The molecule has 0 radical (unpaired) electrons. The second kappa shape index (κ2) is 8.26. The van der Waals surface area contributed by atoms with Gasteiger partial charge in [0.1, 0.15) is 17.2 Å². The van der Waals surface area contributed by atoms with Gasteiger partial charge in [0, 0.05) is 0 Å². The van der Waals surface area contributed by atoms with Gasteiger partial charge in [0.05, 0.1) is 51.1 Å². The predicted molar refractivity (Wildman–Crippen MR) is 119 cm³/mol. The number of hydrogen-bond acceptors (Lipinski definition) is 7. The average molecular weight is 465 g/mol. The van der Waals surface area contributed by atoms with Crippen LogP contribution in [0.1, 0.15) is 33.5 Å². The van der Waals surface area contributed by atoms with E-state index in [-0.39, 0.29) is 28.8 Å². The molecule has 1 aliphatic rings. The molecule has 2 aromatic heterocycles. The smallest absolute Gasteiger partial charge is 0.291 e. The van der Waals surface area contributed by atoms with Crippen LogP contribution in [0.2, 0.25) is 0 Å². The Morgan fingerprint density at radius 2 is 1.74 bits per heavy atom. The van der Waals surface area contributed by atoms with Crippen LogP contribution in [-0.4, -0.2) is 32.1 Å². The fourth-order valence-corrected chi connectivity index (χ4v) is 4.33. The van der Waals surface area contributed by atoms with Crippen molar-refractivity contribution in [2.45, 2.75) is 12.6 Å². The maximum absolute atomic E-state index is 14.0. The van der Waals surface area contributed by atoms with Crippen LogP contribution >= 0.6 is 0 Å². The molecule has 174 valence electrons. The first kappa shape index (κ1) is 21.6. The summed E-state index contributed by atoms with van der Waals surface area (Å²) in [6.45, 7) is 0.0709. The van der Waals surface area contributed by atoms with Gasteiger partial charge in [-0.05, 0) is 48.0 Å². The Kier molecular flexibility index (Phi) is 5.24. The third-order valence-corrected chi connectivity index (χ3v) is 5.84. The van der Waals surface area contributed by atoms with Crippen LogP contribution in [0.5, 0.6) is 17.2 Å². The molecule has 1 unspecified atom stereocenters. The second-order valence-corrected chi connectivity index (χ2v) is 7.69. The summed E-state index contributed by atoms with van der Waals surface area (Å²) >= 11 is 0. The molecule has 4 aromatic rings. The molecule has 3 heterocycles. The molecule has 0 saturated carbocycles. The summed E-state index contributed by atoms with van der Waals surface area (Å²) in [5, 5.41) is 0.0452. The highest BCUT2D eigenvalue weighted by atomic mass is 19.1. The van der Waals surface area contributed by atoms with Gasteiger partial charge in [-0.3, -0.25) is 9.59 Å². The van der Waals surface area contributed by atoms with Crippen molar-refractivity contribution in [3.63, 3.8) is 0 Å². The molecular weight excluding hydrogens is 445 g/mol. The van der Waals surface area contributed by atoms with Crippen molar-refractivity contribution >= 4 is 16.9 Å². The zero-order valence-electron chi connectivity index (χ0n) is 18.6. The number of carbonyl (C=O) groups excluding carboxylic acids is 1. The zero-order chi connectivity index (χ0) is 24.0. The first-order valence-corrected chi connectivity index (χ1v) is 10.4. The normalized spacial score (nSPS) is 15.0. The van der Waals surface area contributed by atoms with E-state index in [1.54, 1.807) is 24.3 Å². The van der Waals surface area contributed by atoms with Gasteiger partial charge in [-0.25, -0.2) is 4.39 Å². The number of hydrogen-bond donors (Lipinski definition) is 0. The van der Waals surface area contributed by atoms with E-state index in [4.69, 9.17) is 23.0 Å². The number of fused-ring (bicyclic) bond motifs is 2. The molecular formula is C25H20FNO7. The summed E-state index contributed by atoms with van der Waals surface area (Å²) in [6, 6.07) is 9.51. The molecule has 34 heavy (non-hydrogen) atoms. The number of methoxy groups -OCH3 is 3. The van der Waals surface area contributed by atoms with Crippen LogP contribution in [0.3, 0.4) is 0 Å². The maximum atomic E-state index is 14.0. The third-order valence-electron chi connectivity index (χ3n) is 5.84. The summed E-state index contributed by atoms with van der Waals surface area (Å²) in [6.07, 6.45) is 1.50. The lowest BCUT2D eigenvalue weighted by atomic mass is 9.97. The van der Waals surface area contributed by atoms with Crippen molar-refractivity contribution in [1.29, 1.82) is 0 Å². The standard InChI is InChI=1S/C25H20FNO7/c1-30-18-9-13(10-19(31-2)23(18)32-3)21-20-22(28)16-11-14(26)6-7-17(16)34-24(20)25(29)27(21)12-15-5-4-8-33-15/h4-11,21H,12H2,1-3H3. The van der Waals surface area contributed by atoms with Crippen molar-refractivity contribution in [2.75, 3.05) is 21.3 Å². The predicted octanol–water partition coefficient (Wildman–Crippen LogP) is 4.30. The Bertz CT molecular complexity index is 1430. The van der Waals surface area contributed by atoms with Crippen molar-refractivity contribution in [3.05, 3.63) is 87.4 Å². The molecule has 0 fully saturated rings. The van der Waals surface area contributed by atoms with Gasteiger partial charge in [-0.2, -0.15) is 0 Å². The molecule has 1 atom stereocenters. The minimum absolute atomic E-state index is 0.0452. The number of halogens is 1. The number of benzene rings is 2. The molecule has 0 N–H and O–H groups in total. The van der Waals surface area contributed by atoms with Crippen LogP contribution in [0, 0.1) is 5.82 Å². The molecule has 0 saturated heterocycles. The van der Waals surface area contributed by atoms with Gasteiger partial charge in [-0.1, -0.05) is 0 Å². The Morgan fingerprint density at radius 1 is 1.00 bits per heavy atom. The third kappa shape index (κ3) is 3.28. The quantitative estimate of drug-likeness (QED) is 0.419. The summed E-state index contributed by atoms with van der Waals surface area (Å²) < 4.78 is 41.6. The lowest BCUT2D eigenvalue weighted by Gasteiger charge is -2.25. The number of furan rings is 1. The molecule has 0 spiro atoms. The van der Waals surface area contributed by atoms with Crippen molar-refractivity contribution in [3.8, 4) is 17.2 Å². The van der Waals surface area contributed by atoms with E-state index in [1.165, 1.54) is 44.6 Å².